The van der Waals surface area contributed by atoms with E-state index in [0.717, 1.165) is 0 Å². The number of carboxylic acids is 1. The van der Waals surface area contributed by atoms with Crippen molar-refractivity contribution in [1.29, 1.82) is 0 Å². The quantitative estimate of drug-likeness (QED) is 0.924. The predicted molar refractivity (Wildman–Crippen MR) is 71.6 cm³/mol. The second kappa shape index (κ2) is 5.82. The normalized spacial score (nSPS) is 12.2. The molecule has 4 heteroatoms. The minimum absolute atomic E-state index is 0.121. The molecule has 1 N–H and O–H groups in total. The molecule has 2 rings (SSSR count). The minimum atomic E-state index is -1.06. The van der Waals surface area contributed by atoms with Gasteiger partial charge in [0.15, 0.2) is 0 Å². The summed E-state index contributed by atoms with van der Waals surface area (Å²) < 4.78 is 26.7. The van der Waals surface area contributed by atoms with E-state index in [-0.39, 0.29) is 6.42 Å². The highest BCUT2D eigenvalue weighted by atomic mass is 19.1. The van der Waals surface area contributed by atoms with Gasteiger partial charge in [-0.15, -0.1) is 0 Å². The zero-order chi connectivity index (χ0) is 14.7. The molecular formula is C16H14F2O2. The first-order valence-corrected chi connectivity index (χ1v) is 6.20. The van der Waals surface area contributed by atoms with Gasteiger partial charge in [-0.1, -0.05) is 24.3 Å². The highest BCUT2D eigenvalue weighted by molar-refractivity contribution is 5.76. The first-order valence-electron chi connectivity index (χ1n) is 6.20. The van der Waals surface area contributed by atoms with Crippen LogP contribution in [0.3, 0.4) is 0 Å². The average Bonchev–Trinajstić information content (AvgIpc) is 2.39. The molecule has 2 aromatic rings. The Kier molecular flexibility index (Phi) is 4.13. The van der Waals surface area contributed by atoms with Crippen LogP contribution in [-0.2, 0) is 11.2 Å². The number of halogens is 2. The maximum absolute atomic E-state index is 13.6. The van der Waals surface area contributed by atoms with Gasteiger partial charge in [0, 0.05) is 0 Å². The number of hydrogen-bond donors (Lipinski definition) is 1. The van der Waals surface area contributed by atoms with E-state index in [4.69, 9.17) is 0 Å². The van der Waals surface area contributed by atoms with Gasteiger partial charge in [0.05, 0.1) is 5.92 Å². The molecule has 0 fully saturated rings. The van der Waals surface area contributed by atoms with E-state index in [9.17, 15) is 18.7 Å². The molecule has 2 nitrogen and oxygen atoms in total. The molecule has 104 valence electrons. The van der Waals surface area contributed by atoms with Crippen molar-refractivity contribution in [3.8, 4) is 0 Å². The molecule has 1 unspecified atom stereocenters. The van der Waals surface area contributed by atoms with Crippen molar-refractivity contribution in [1.82, 2.24) is 0 Å². The van der Waals surface area contributed by atoms with E-state index in [2.05, 4.69) is 0 Å². The third-order valence-electron chi connectivity index (χ3n) is 3.23. The van der Waals surface area contributed by atoms with E-state index < -0.39 is 23.5 Å². The van der Waals surface area contributed by atoms with Crippen molar-refractivity contribution >= 4 is 5.97 Å². The number of benzene rings is 2. The van der Waals surface area contributed by atoms with Gasteiger partial charge >= 0.3 is 5.97 Å². The second-order valence-electron chi connectivity index (χ2n) is 4.73. The molecule has 0 amide bonds. The summed E-state index contributed by atoms with van der Waals surface area (Å²) in [6, 6.07) is 10.1. The lowest BCUT2D eigenvalue weighted by Gasteiger charge is -2.13. The fourth-order valence-electron chi connectivity index (χ4n) is 2.07. The van der Waals surface area contributed by atoms with Crippen molar-refractivity contribution < 1.29 is 18.7 Å². The number of carboxylic acid groups (broad SMARTS) is 1. The van der Waals surface area contributed by atoms with Crippen molar-refractivity contribution in [2.45, 2.75) is 19.3 Å². The molecular weight excluding hydrogens is 262 g/mol. The van der Waals surface area contributed by atoms with Crippen molar-refractivity contribution in [2.75, 3.05) is 0 Å². The SMILES string of the molecule is Cc1ccc(C(Cc2cccc(F)c2)C(=O)O)cc1F. The van der Waals surface area contributed by atoms with Crippen LogP contribution < -0.4 is 0 Å². The summed E-state index contributed by atoms with van der Waals surface area (Å²) in [5.41, 5.74) is 1.41. The largest absolute Gasteiger partial charge is 0.481 e. The van der Waals surface area contributed by atoms with E-state index >= 15 is 0 Å². The maximum Gasteiger partial charge on any atom is 0.311 e. The number of aliphatic carboxylic acids is 1. The summed E-state index contributed by atoms with van der Waals surface area (Å²) in [7, 11) is 0. The van der Waals surface area contributed by atoms with Crippen LogP contribution in [0.4, 0.5) is 8.78 Å². The molecule has 20 heavy (non-hydrogen) atoms. The van der Waals surface area contributed by atoms with Gasteiger partial charge in [0.2, 0.25) is 0 Å². The standard InChI is InChI=1S/C16H14F2O2/c1-10-5-6-12(9-15(10)18)14(16(19)20)8-11-3-2-4-13(17)7-11/h2-7,9,14H,8H2,1H3,(H,19,20). The van der Waals surface area contributed by atoms with Crippen LogP contribution in [-0.4, -0.2) is 11.1 Å². The van der Waals surface area contributed by atoms with Gasteiger partial charge in [-0.05, 0) is 48.2 Å². The van der Waals surface area contributed by atoms with E-state index in [0.29, 0.717) is 16.7 Å². The summed E-state index contributed by atoms with van der Waals surface area (Å²) in [5, 5.41) is 9.30. The lowest BCUT2D eigenvalue weighted by molar-refractivity contribution is -0.138. The third-order valence-corrected chi connectivity index (χ3v) is 3.23. The predicted octanol–water partition coefficient (Wildman–Crippen LogP) is 3.68. The molecule has 0 bridgehead atoms. The molecule has 0 aliphatic rings. The molecule has 0 saturated carbocycles. The highest BCUT2D eigenvalue weighted by Gasteiger charge is 2.21. The van der Waals surface area contributed by atoms with Gasteiger partial charge < -0.3 is 5.11 Å². The van der Waals surface area contributed by atoms with Gasteiger partial charge in [0.1, 0.15) is 11.6 Å². The van der Waals surface area contributed by atoms with Gasteiger partial charge in [-0.25, -0.2) is 8.78 Å². The molecule has 0 aromatic heterocycles. The molecule has 1 atom stereocenters. The number of carbonyl (C=O) groups is 1. The van der Waals surface area contributed by atoms with E-state index in [1.807, 2.05) is 0 Å². The summed E-state index contributed by atoms with van der Waals surface area (Å²) in [5.74, 6) is -2.81. The van der Waals surface area contributed by atoms with Gasteiger partial charge in [-0.2, -0.15) is 0 Å². The first kappa shape index (κ1) is 14.2. The molecule has 0 saturated heterocycles. The molecule has 2 aromatic carbocycles. The molecule has 0 radical (unpaired) electrons. The lowest BCUT2D eigenvalue weighted by Crippen LogP contribution is -2.15. The van der Waals surface area contributed by atoms with Crippen LogP contribution in [0.25, 0.3) is 0 Å². The van der Waals surface area contributed by atoms with E-state index in [1.165, 1.54) is 24.3 Å². The monoisotopic (exact) mass is 276 g/mol. The number of aryl methyl sites for hydroxylation is 1. The van der Waals surface area contributed by atoms with Crippen molar-refractivity contribution in [3.05, 3.63) is 70.8 Å². The molecule has 0 heterocycles. The Labute approximate surface area is 115 Å². The topological polar surface area (TPSA) is 37.3 Å². The van der Waals surface area contributed by atoms with Crippen LogP contribution >= 0.6 is 0 Å². The second-order valence-corrected chi connectivity index (χ2v) is 4.73. The Bertz CT molecular complexity index is 638. The first-order chi connectivity index (χ1) is 9.47. The highest BCUT2D eigenvalue weighted by Crippen LogP contribution is 2.23. The van der Waals surface area contributed by atoms with Crippen LogP contribution in [0.2, 0.25) is 0 Å². The van der Waals surface area contributed by atoms with Gasteiger partial charge in [-0.3, -0.25) is 4.79 Å². The number of hydrogen-bond acceptors (Lipinski definition) is 1. The van der Waals surface area contributed by atoms with Crippen LogP contribution in [0.15, 0.2) is 42.5 Å². The van der Waals surface area contributed by atoms with Crippen LogP contribution in [0.1, 0.15) is 22.6 Å². The summed E-state index contributed by atoms with van der Waals surface area (Å²) in [4.78, 5) is 11.4. The Morgan fingerprint density at radius 3 is 2.55 bits per heavy atom. The summed E-state index contributed by atoms with van der Waals surface area (Å²) in [6.07, 6.45) is 0.121. The zero-order valence-electron chi connectivity index (χ0n) is 10.9. The van der Waals surface area contributed by atoms with Crippen molar-refractivity contribution in [2.24, 2.45) is 0 Å². The zero-order valence-corrected chi connectivity index (χ0v) is 10.9. The van der Waals surface area contributed by atoms with Crippen LogP contribution in [0, 0.1) is 18.6 Å². The maximum atomic E-state index is 13.6. The molecule has 0 aliphatic carbocycles. The average molecular weight is 276 g/mol. The van der Waals surface area contributed by atoms with E-state index in [1.54, 1.807) is 25.1 Å². The minimum Gasteiger partial charge on any atom is -0.481 e. The van der Waals surface area contributed by atoms with Crippen molar-refractivity contribution in [3.63, 3.8) is 0 Å². The Morgan fingerprint density at radius 1 is 1.20 bits per heavy atom. The summed E-state index contributed by atoms with van der Waals surface area (Å²) >= 11 is 0. The summed E-state index contributed by atoms with van der Waals surface area (Å²) in [6.45, 7) is 1.61. The lowest BCUT2D eigenvalue weighted by atomic mass is 9.91. The van der Waals surface area contributed by atoms with Gasteiger partial charge in [0.25, 0.3) is 0 Å². The molecule has 0 aliphatic heterocycles. The number of rotatable bonds is 4. The Morgan fingerprint density at radius 2 is 1.95 bits per heavy atom. The Hall–Kier alpha value is -2.23. The third kappa shape index (κ3) is 3.20. The molecule has 0 spiro atoms. The van der Waals surface area contributed by atoms with Crippen LogP contribution in [0.5, 0.6) is 0 Å². The Balaban J connectivity index is 2.32. The fourth-order valence-corrected chi connectivity index (χ4v) is 2.07. The smallest absolute Gasteiger partial charge is 0.311 e. The fraction of sp³-hybridized carbons (Fsp3) is 0.188.